The van der Waals surface area contributed by atoms with E-state index < -0.39 is 6.61 Å². The molecule has 3 rings (SSSR count). The number of benzene rings is 2. The van der Waals surface area contributed by atoms with E-state index in [1.54, 1.807) is 12.1 Å². The lowest BCUT2D eigenvalue weighted by atomic mass is 10.1. The molecular weight excluding hydrogens is 278 g/mol. The molecular formula is C16H10F2O3. The summed E-state index contributed by atoms with van der Waals surface area (Å²) in [4.78, 5) is 12.3. The average Bonchev–Trinajstić information content (AvgIpc) is 2.90. The smallest absolute Gasteiger partial charge is 0.387 e. The Hall–Kier alpha value is -2.69. The molecule has 106 valence electrons. The van der Waals surface area contributed by atoms with E-state index in [2.05, 4.69) is 4.74 Å². The Morgan fingerprint density at radius 2 is 1.76 bits per heavy atom. The van der Waals surface area contributed by atoms with Crippen LogP contribution in [-0.2, 0) is 0 Å². The summed E-state index contributed by atoms with van der Waals surface area (Å²) in [5.41, 5.74) is 0.967. The van der Waals surface area contributed by atoms with Crippen molar-refractivity contribution in [3.8, 4) is 5.75 Å². The Bertz CT molecular complexity index is 743. The van der Waals surface area contributed by atoms with E-state index in [1.807, 2.05) is 18.2 Å². The van der Waals surface area contributed by atoms with Gasteiger partial charge in [0.25, 0.3) is 0 Å². The van der Waals surface area contributed by atoms with Crippen LogP contribution in [0.2, 0.25) is 0 Å². The number of hydrogen-bond donors (Lipinski definition) is 0. The number of furan rings is 1. The number of carbonyl (C=O) groups excluding carboxylic acids is 1. The highest BCUT2D eigenvalue weighted by atomic mass is 19.3. The van der Waals surface area contributed by atoms with Crippen LogP contribution in [0.25, 0.3) is 11.0 Å². The Balaban J connectivity index is 1.87. The normalized spacial score (nSPS) is 11.0. The van der Waals surface area contributed by atoms with Gasteiger partial charge >= 0.3 is 6.61 Å². The van der Waals surface area contributed by atoms with Gasteiger partial charge in [0, 0.05) is 10.9 Å². The van der Waals surface area contributed by atoms with Crippen LogP contribution >= 0.6 is 0 Å². The van der Waals surface area contributed by atoms with Crippen molar-refractivity contribution in [3.63, 3.8) is 0 Å². The third-order valence-corrected chi connectivity index (χ3v) is 2.99. The summed E-state index contributed by atoms with van der Waals surface area (Å²) in [5, 5.41) is 0.832. The molecule has 5 heteroatoms. The van der Waals surface area contributed by atoms with Gasteiger partial charge in [-0.1, -0.05) is 18.2 Å². The van der Waals surface area contributed by atoms with E-state index in [4.69, 9.17) is 4.42 Å². The van der Waals surface area contributed by atoms with E-state index in [1.165, 1.54) is 24.3 Å². The molecule has 0 saturated carbocycles. The highest BCUT2D eigenvalue weighted by molar-refractivity contribution is 6.09. The zero-order valence-corrected chi connectivity index (χ0v) is 10.8. The summed E-state index contributed by atoms with van der Waals surface area (Å²) in [6, 6.07) is 14.4. The molecule has 0 N–H and O–H groups in total. The summed E-state index contributed by atoms with van der Waals surface area (Å²) < 4.78 is 33.8. The fourth-order valence-corrected chi connectivity index (χ4v) is 2.02. The molecule has 0 fully saturated rings. The predicted octanol–water partition coefficient (Wildman–Crippen LogP) is 4.27. The number of para-hydroxylation sites is 1. The monoisotopic (exact) mass is 288 g/mol. The minimum absolute atomic E-state index is 0.00570. The van der Waals surface area contributed by atoms with Gasteiger partial charge in [0.1, 0.15) is 11.3 Å². The molecule has 0 amide bonds. The molecule has 0 aliphatic rings. The molecule has 3 aromatic rings. The molecule has 2 aromatic carbocycles. The van der Waals surface area contributed by atoms with Gasteiger partial charge in [-0.25, -0.2) is 0 Å². The third-order valence-electron chi connectivity index (χ3n) is 2.99. The molecule has 0 aliphatic carbocycles. The first-order chi connectivity index (χ1) is 10.1. The maximum Gasteiger partial charge on any atom is 0.387 e. The van der Waals surface area contributed by atoms with Gasteiger partial charge in [0.2, 0.25) is 5.78 Å². The Kier molecular flexibility index (Phi) is 3.39. The lowest BCUT2D eigenvalue weighted by molar-refractivity contribution is -0.0498. The van der Waals surface area contributed by atoms with Gasteiger partial charge in [-0.05, 0) is 36.4 Å². The number of ketones is 1. The number of hydrogen-bond acceptors (Lipinski definition) is 3. The van der Waals surface area contributed by atoms with Gasteiger partial charge in [0.05, 0.1) is 0 Å². The van der Waals surface area contributed by atoms with E-state index in [0.717, 1.165) is 5.39 Å². The van der Waals surface area contributed by atoms with Crippen LogP contribution in [0.5, 0.6) is 5.75 Å². The third kappa shape index (κ3) is 2.76. The van der Waals surface area contributed by atoms with Crippen molar-refractivity contribution in [2.75, 3.05) is 0 Å². The molecule has 1 heterocycles. The first-order valence-electron chi connectivity index (χ1n) is 6.21. The van der Waals surface area contributed by atoms with Gasteiger partial charge < -0.3 is 9.15 Å². The van der Waals surface area contributed by atoms with Crippen LogP contribution < -0.4 is 4.74 Å². The minimum Gasteiger partial charge on any atom is -0.453 e. The van der Waals surface area contributed by atoms with Gasteiger partial charge in [-0.2, -0.15) is 8.78 Å². The lowest BCUT2D eigenvalue weighted by Gasteiger charge is -2.04. The number of rotatable bonds is 4. The molecule has 0 bridgehead atoms. The summed E-state index contributed by atoms with van der Waals surface area (Å²) in [6.45, 7) is -2.89. The first kappa shape index (κ1) is 13.3. The maximum absolute atomic E-state index is 12.3. The highest BCUT2D eigenvalue weighted by Gasteiger charge is 2.15. The van der Waals surface area contributed by atoms with E-state index in [0.29, 0.717) is 11.1 Å². The SMILES string of the molecule is O=C(c1ccc(OC(F)F)cc1)c1cc2ccccc2o1. The zero-order valence-electron chi connectivity index (χ0n) is 10.8. The Morgan fingerprint density at radius 1 is 1.05 bits per heavy atom. The number of carbonyl (C=O) groups is 1. The molecule has 0 saturated heterocycles. The fraction of sp³-hybridized carbons (Fsp3) is 0.0625. The second-order valence-corrected chi connectivity index (χ2v) is 4.38. The second kappa shape index (κ2) is 5.36. The van der Waals surface area contributed by atoms with Gasteiger partial charge in [-0.15, -0.1) is 0 Å². The van der Waals surface area contributed by atoms with Crippen LogP contribution in [0.15, 0.2) is 59.0 Å². The quantitative estimate of drug-likeness (QED) is 0.673. The predicted molar refractivity (Wildman–Crippen MR) is 72.7 cm³/mol. The first-order valence-corrected chi connectivity index (χ1v) is 6.21. The molecule has 0 spiro atoms. The largest absolute Gasteiger partial charge is 0.453 e. The summed E-state index contributed by atoms with van der Waals surface area (Å²) in [7, 11) is 0. The second-order valence-electron chi connectivity index (χ2n) is 4.38. The summed E-state index contributed by atoms with van der Waals surface area (Å²) in [6.07, 6.45) is 0. The molecule has 0 radical (unpaired) electrons. The average molecular weight is 288 g/mol. The zero-order chi connectivity index (χ0) is 14.8. The summed E-state index contributed by atoms with van der Waals surface area (Å²) in [5.74, 6) is -0.0975. The van der Waals surface area contributed by atoms with Gasteiger partial charge in [-0.3, -0.25) is 4.79 Å². The van der Waals surface area contributed by atoms with Crippen LogP contribution in [0.1, 0.15) is 16.1 Å². The maximum atomic E-state index is 12.3. The molecule has 1 aromatic heterocycles. The molecule has 0 aliphatic heterocycles. The van der Waals surface area contributed by atoms with Crippen molar-refractivity contribution in [2.45, 2.75) is 6.61 Å². The summed E-state index contributed by atoms with van der Waals surface area (Å²) >= 11 is 0. The number of fused-ring (bicyclic) bond motifs is 1. The van der Waals surface area contributed by atoms with Crippen molar-refractivity contribution in [3.05, 3.63) is 65.9 Å². The molecule has 0 atom stereocenters. The molecule has 3 nitrogen and oxygen atoms in total. The van der Waals surface area contributed by atoms with Crippen molar-refractivity contribution >= 4 is 16.8 Å². The Labute approximate surface area is 118 Å². The van der Waals surface area contributed by atoms with Crippen LogP contribution in [-0.4, -0.2) is 12.4 Å². The highest BCUT2D eigenvalue weighted by Crippen LogP contribution is 2.22. The van der Waals surface area contributed by atoms with Gasteiger partial charge in [0.15, 0.2) is 5.76 Å². The number of halogens is 2. The molecule has 21 heavy (non-hydrogen) atoms. The number of ether oxygens (including phenoxy) is 1. The van der Waals surface area contributed by atoms with E-state index in [-0.39, 0.29) is 17.3 Å². The van der Waals surface area contributed by atoms with Crippen molar-refractivity contribution in [1.82, 2.24) is 0 Å². The van der Waals surface area contributed by atoms with Crippen molar-refractivity contribution in [1.29, 1.82) is 0 Å². The van der Waals surface area contributed by atoms with Crippen molar-refractivity contribution in [2.24, 2.45) is 0 Å². The Morgan fingerprint density at radius 3 is 2.43 bits per heavy atom. The topological polar surface area (TPSA) is 39.4 Å². The van der Waals surface area contributed by atoms with E-state index in [9.17, 15) is 13.6 Å². The lowest BCUT2D eigenvalue weighted by Crippen LogP contribution is -2.03. The fourth-order valence-electron chi connectivity index (χ4n) is 2.02. The number of alkyl halides is 2. The van der Waals surface area contributed by atoms with Crippen LogP contribution in [0, 0.1) is 0 Å². The van der Waals surface area contributed by atoms with Crippen molar-refractivity contribution < 1.29 is 22.7 Å². The van der Waals surface area contributed by atoms with Crippen LogP contribution in [0.3, 0.4) is 0 Å². The van der Waals surface area contributed by atoms with Crippen LogP contribution in [0.4, 0.5) is 8.78 Å². The standard InChI is InChI=1S/C16H10F2O3/c17-16(18)20-12-7-5-10(6-8-12)15(19)14-9-11-3-1-2-4-13(11)21-14/h1-9,16H. The molecule has 0 unspecified atom stereocenters. The minimum atomic E-state index is -2.89. The van der Waals surface area contributed by atoms with E-state index >= 15 is 0 Å².